The molecule has 2 nitrogen and oxygen atoms in total. The highest BCUT2D eigenvalue weighted by Crippen LogP contribution is 2.67. The Bertz CT molecular complexity index is 1610. The van der Waals surface area contributed by atoms with Crippen LogP contribution in [0, 0.1) is 0 Å². The molecule has 0 heterocycles. The topological polar surface area (TPSA) is 52.0 Å². The van der Waals surface area contributed by atoms with Gasteiger partial charge in [0, 0.05) is 22.5 Å². The van der Waals surface area contributed by atoms with Gasteiger partial charge in [-0.1, -0.05) is 53.4 Å². The lowest BCUT2D eigenvalue weighted by Gasteiger charge is -2.45. The average molecular weight is 881 g/mol. The Balaban J connectivity index is 2.80. The van der Waals surface area contributed by atoms with E-state index in [0.717, 1.165) is 0 Å². The van der Waals surface area contributed by atoms with E-state index in [1.54, 1.807) is 0 Å². The lowest BCUT2D eigenvalue weighted by molar-refractivity contribution is -0.470. The summed E-state index contributed by atoms with van der Waals surface area (Å²) in [5.41, 5.74) is 4.19. The monoisotopic (exact) mass is 880 g/mol. The van der Waals surface area contributed by atoms with E-state index in [1.807, 2.05) is 0 Å². The van der Waals surface area contributed by atoms with Crippen molar-refractivity contribution < 1.29 is 87.8 Å². The van der Waals surface area contributed by atoms with Crippen molar-refractivity contribution in [2.24, 2.45) is 0 Å². The van der Waals surface area contributed by atoms with E-state index in [2.05, 4.69) is 0 Å². The number of alkyl halides is 20. The molecule has 0 aliphatic heterocycles. The van der Waals surface area contributed by atoms with Crippen LogP contribution in [0.3, 0.4) is 0 Å². The van der Waals surface area contributed by atoms with E-state index >= 15 is 35.1 Å². The highest BCUT2D eigenvalue weighted by molar-refractivity contribution is 5.58. The van der Waals surface area contributed by atoms with Crippen molar-refractivity contribution in [1.82, 2.24) is 0 Å². The first-order valence-electron chi connectivity index (χ1n) is 17.7. The van der Waals surface area contributed by atoms with Gasteiger partial charge < -0.3 is 11.5 Å². The standard InChI is InChI=1S/C36H40F20N2/c1-5-9-13-21-17-23(15-19(11-7-3)25(21)57)27(37,38)29(41,42)31(45,46)33(49,50)35(53,54)36(55,56)34(51,52)32(47,48)30(43,44)28(39,40)24-16-20(12-8-4)26(58)22(18-24)14-10-6-2/h15-18H,5-14,57-58H2,1-4H3. The fourth-order valence-corrected chi connectivity index (χ4v) is 5.96. The van der Waals surface area contributed by atoms with Gasteiger partial charge in [0.25, 0.3) is 0 Å². The first-order chi connectivity index (χ1) is 26.0. The average Bonchev–Trinajstić information content (AvgIpc) is 3.11. The van der Waals surface area contributed by atoms with Gasteiger partial charge in [-0.3, -0.25) is 0 Å². The number of halogens is 20. The largest absolute Gasteiger partial charge is 0.398 e. The van der Waals surface area contributed by atoms with Crippen molar-refractivity contribution in [2.45, 2.75) is 151 Å². The van der Waals surface area contributed by atoms with Gasteiger partial charge in [-0.25, -0.2) is 0 Å². The van der Waals surface area contributed by atoms with E-state index in [-0.39, 0.29) is 99.8 Å². The van der Waals surface area contributed by atoms with Crippen molar-refractivity contribution in [3.8, 4) is 0 Å². The summed E-state index contributed by atoms with van der Waals surface area (Å²) in [5.74, 6) is -83.1. The number of hydrogen-bond acceptors (Lipinski definition) is 2. The molecule has 58 heavy (non-hydrogen) atoms. The molecule has 334 valence electrons. The Labute approximate surface area is 319 Å². The number of aryl methyl sites for hydroxylation is 4. The summed E-state index contributed by atoms with van der Waals surface area (Å²) in [7, 11) is 0. The summed E-state index contributed by atoms with van der Waals surface area (Å²) in [6, 6.07) is -0.150. The maximum atomic E-state index is 15.3. The molecule has 0 bridgehead atoms. The number of hydrogen-bond donors (Lipinski definition) is 2. The van der Waals surface area contributed by atoms with Crippen LogP contribution in [0.5, 0.6) is 0 Å². The van der Waals surface area contributed by atoms with Crippen molar-refractivity contribution in [3.05, 3.63) is 57.6 Å². The van der Waals surface area contributed by atoms with Crippen LogP contribution in [-0.2, 0) is 37.5 Å². The van der Waals surface area contributed by atoms with E-state index in [0.29, 0.717) is 0 Å². The molecule has 4 N–H and O–H groups in total. The van der Waals surface area contributed by atoms with Gasteiger partial charge in [0.05, 0.1) is 0 Å². The number of unbranched alkanes of at least 4 members (excludes halogenated alkanes) is 2. The summed E-state index contributed by atoms with van der Waals surface area (Å²) < 4.78 is 299. The zero-order chi connectivity index (χ0) is 45.5. The molecule has 2 aromatic rings. The predicted octanol–water partition coefficient (Wildman–Crippen LogP) is 13.4. The van der Waals surface area contributed by atoms with E-state index in [1.165, 1.54) is 27.7 Å². The molecule has 0 atom stereocenters. The van der Waals surface area contributed by atoms with Crippen molar-refractivity contribution in [2.75, 3.05) is 11.5 Å². The van der Waals surface area contributed by atoms with Crippen molar-refractivity contribution in [1.29, 1.82) is 0 Å². The van der Waals surface area contributed by atoms with Crippen LogP contribution in [0.15, 0.2) is 24.3 Å². The van der Waals surface area contributed by atoms with Crippen LogP contribution in [0.4, 0.5) is 99.2 Å². The Hall–Kier alpha value is -3.36. The van der Waals surface area contributed by atoms with Crippen LogP contribution in [0.2, 0.25) is 0 Å². The molecule has 0 saturated heterocycles. The first-order valence-corrected chi connectivity index (χ1v) is 17.7. The SMILES string of the molecule is CCCCc1cc(C(F)(F)C(F)(F)C(F)(F)C(F)(F)C(F)(F)C(F)(F)C(F)(F)C(F)(F)C(F)(F)C(F)(F)c2cc(CCC)c(N)c(CCCC)c2)cc(CCC)c1N. The smallest absolute Gasteiger partial charge is 0.385 e. The lowest BCUT2D eigenvalue weighted by atomic mass is 9.83. The third kappa shape index (κ3) is 7.63. The first kappa shape index (κ1) is 50.8. The van der Waals surface area contributed by atoms with Gasteiger partial charge in [-0.15, -0.1) is 0 Å². The molecule has 0 amide bonds. The molecule has 22 heteroatoms. The number of anilines is 2. The van der Waals surface area contributed by atoms with Gasteiger partial charge in [0.15, 0.2) is 0 Å². The van der Waals surface area contributed by atoms with Gasteiger partial charge in [-0.05, 0) is 85.0 Å². The number of rotatable bonds is 21. The van der Waals surface area contributed by atoms with Gasteiger partial charge in [0.1, 0.15) is 0 Å². The van der Waals surface area contributed by atoms with E-state index in [9.17, 15) is 52.7 Å². The lowest BCUT2D eigenvalue weighted by Crippen LogP contribution is -2.76. The van der Waals surface area contributed by atoms with Gasteiger partial charge in [-0.2, -0.15) is 87.8 Å². The third-order valence-corrected chi connectivity index (χ3v) is 9.61. The highest BCUT2D eigenvalue weighted by Gasteiger charge is 2.97. The summed E-state index contributed by atoms with van der Waals surface area (Å²) in [4.78, 5) is 0. The van der Waals surface area contributed by atoms with E-state index in [4.69, 9.17) is 11.5 Å². The normalized spacial score (nSPS) is 14.7. The summed E-state index contributed by atoms with van der Waals surface area (Å²) in [6.07, 6.45) is -0.827. The molecular formula is C36H40F20N2. The maximum absolute atomic E-state index is 15.3. The minimum absolute atomic E-state index is 0.0118. The van der Waals surface area contributed by atoms with Crippen LogP contribution < -0.4 is 11.5 Å². The quantitative estimate of drug-likeness (QED) is 0.0969. The predicted molar refractivity (Wildman–Crippen MR) is 174 cm³/mol. The molecule has 0 fully saturated rings. The summed E-state index contributed by atoms with van der Waals surface area (Å²) in [6.45, 7) is 5.77. The molecule has 0 spiro atoms. The second-order valence-electron chi connectivity index (χ2n) is 13.9. The molecule has 2 aromatic carbocycles. The Morgan fingerprint density at radius 1 is 0.328 bits per heavy atom. The molecule has 0 aromatic heterocycles. The molecule has 0 saturated carbocycles. The van der Waals surface area contributed by atoms with Crippen LogP contribution in [0.1, 0.15) is 99.6 Å². The van der Waals surface area contributed by atoms with Crippen LogP contribution in [0.25, 0.3) is 0 Å². The number of nitrogens with two attached hydrogens (primary N) is 2. The Morgan fingerprint density at radius 3 is 0.741 bits per heavy atom. The van der Waals surface area contributed by atoms with Crippen molar-refractivity contribution in [3.63, 3.8) is 0 Å². The van der Waals surface area contributed by atoms with E-state index < -0.39 is 92.6 Å². The highest BCUT2D eigenvalue weighted by atomic mass is 19.4. The summed E-state index contributed by atoms with van der Waals surface area (Å²) in [5, 5.41) is 0. The van der Waals surface area contributed by atoms with Crippen LogP contribution >= 0.6 is 0 Å². The molecule has 0 radical (unpaired) electrons. The third-order valence-electron chi connectivity index (χ3n) is 9.61. The zero-order valence-electron chi connectivity index (χ0n) is 31.1. The van der Waals surface area contributed by atoms with Crippen LogP contribution in [-0.4, -0.2) is 47.4 Å². The fraction of sp³-hybridized carbons (Fsp3) is 0.667. The zero-order valence-corrected chi connectivity index (χ0v) is 31.1. The van der Waals surface area contributed by atoms with Gasteiger partial charge >= 0.3 is 59.2 Å². The second kappa shape index (κ2) is 16.6. The van der Waals surface area contributed by atoms with Gasteiger partial charge in [0.2, 0.25) is 0 Å². The number of nitrogen functional groups attached to an aromatic ring is 2. The molecule has 0 aliphatic carbocycles. The molecule has 0 unspecified atom stereocenters. The molecule has 2 rings (SSSR count). The number of benzene rings is 2. The molecule has 0 aliphatic rings. The Kier molecular flexibility index (Phi) is 14.5. The minimum atomic E-state index is -9.12. The maximum Gasteiger partial charge on any atom is 0.385 e. The molecular weight excluding hydrogens is 840 g/mol. The second-order valence-corrected chi connectivity index (χ2v) is 13.9. The minimum Gasteiger partial charge on any atom is -0.398 e. The van der Waals surface area contributed by atoms with Crippen molar-refractivity contribution >= 4 is 11.4 Å². The fourth-order valence-electron chi connectivity index (χ4n) is 5.96. The summed E-state index contributed by atoms with van der Waals surface area (Å²) >= 11 is 0. The Morgan fingerprint density at radius 2 is 0.534 bits per heavy atom.